The first-order valence-electron chi connectivity index (χ1n) is 19.5. The average molecular weight is 909 g/mol. The van der Waals surface area contributed by atoms with Crippen LogP contribution in [-0.4, -0.2) is 85.1 Å². The molecule has 3 aliphatic heterocycles. The first-order chi connectivity index (χ1) is 30.7. The van der Waals surface area contributed by atoms with Gasteiger partial charge < -0.3 is 20.6 Å². The Morgan fingerprint density at radius 2 is 1.53 bits per heavy atom. The highest BCUT2D eigenvalue weighted by Gasteiger charge is 2.56. The van der Waals surface area contributed by atoms with Crippen molar-refractivity contribution in [2.24, 2.45) is 5.16 Å². The molecule has 2 saturated heterocycles. The third-order valence-corrected chi connectivity index (χ3v) is 12.4. The SMILES string of the molecule is Cc1cnc(N2CC/C(=C\C3=C(C(=O)OC(=O)C(F)(F)F)N4C(=O)[C@@H](NC(=O)/C(=N\OC(c5ccccc5)(c5ccccc5)c5ccccc5)c5csc(N)n5)[C@H]4SC3)C2=O)c(C)n1. The number of hydrogen-bond donors (Lipinski definition) is 2. The van der Waals surface area contributed by atoms with E-state index >= 15 is 0 Å². The topological polar surface area (TPSA) is 199 Å². The lowest BCUT2D eigenvalue weighted by atomic mass is 9.80. The molecule has 64 heavy (non-hydrogen) atoms. The van der Waals surface area contributed by atoms with E-state index in [-0.39, 0.29) is 46.4 Å². The number of aromatic nitrogens is 3. The number of amides is 3. The number of anilines is 2. The Morgan fingerprint density at radius 1 is 0.922 bits per heavy atom. The molecule has 0 spiro atoms. The Hall–Kier alpha value is -7.19. The highest BCUT2D eigenvalue weighted by Crippen LogP contribution is 2.43. The number of nitrogens with two attached hydrogens (primary N) is 1. The van der Waals surface area contributed by atoms with Crippen molar-refractivity contribution >= 4 is 69.4 Å². The van der Waals surface area contributed by atoms with E-state index in [1.165, 1.54) is 22.6 Å². The summed E-state index contributed by atoms with van der Waals surface area (Å²) in [6.45, 7) is 3.60. The molecule has 0 saturated carbocycles. The molecule has 3 aliphatic rings. The minimum Gasteiger partial charge on any atom is -0.382 e. The number of carbonyl (C=O) groups excluding carboxylic acids is 5. The van der Waals surface area contributed by atoms with Crippen LogP contribution in [0.15, 0.2) is 131 Å². The minimum atomic E-state index is -5.54. The van der Waals surface area contributed by atoms with E-state index in [0.29, 0.717) is 33.9 Å². The molecule has 0 aliphatic carbocycles. The number of thiazole rings is 1. The molecule has 0 radical (unpaired) electrons. The molecule has 3 amide bonds. The van der Waals surface area contributed by atoms with E-state index in [0.717, 1.165) is 28.0 Å². The van der Waals surface area contributed by atoms with Crippen LogP contribution in [0.25, 0.3) is 0 Å². The van der Waals surface area contributed by atoms with E-state index in [1.807, 2.05) is 91.0 Å². The number of nitrogens with zero attached hydrogens (tertiary/aromatic N) is 6. The number of hydrogen-bond acceptors (Lipinski definition) is 14. The fourth-order valence-electron chi connectivity index (χ4n) is 7.55. The first kappa shape index (κ1) is 43.5. The van der Waals surface area contributed by atoms with Crippen LogP contribution in [0, 0.1) is 13.8 Å². The third kappa shape index (κ3) is 8.24. The van der Waals surface area contributed by atoms with Crippen LogP contribution in [0.2, 0.25) is 0 Å². The second-order valence-corrected chi connectivity index (χ2v) is 16.6. The maximum atomic E-state index is 14.4. The number of aryl methyl sites for hydroxylation is 2. The number of thioether (sulfide) groups is 1. The molecule has 5 aromatic rings. The molecule has 5 heterocycles. The molecule has 326 valence electrons. The van der Waals surface area contributed by atoms with Gasteiger partial charge in [0.2, 0.25) is 5.60 Å². The normalized spacial score (nSPS) is 18.5. The molecule has 2 atom stereocenters. The van der Waals surface area contributed by atoms with Crippen LogP contribution in [0.1, 0.15) is 40.2 Å². The number of allylic oxidation sites excluding steroid dienone is 1. The molecule has 0 unspecified atom stereocenters. The van der Waals surface area contributed by atoms with Gasteiger partial charge in [-0.2, -0.15) is 13.2 Å². The number of carbonyl (C=O) groups is 5. The van der Waals surface area contributed by atoms with Gasteiger partial charge in [-0.15, -0.1) is 23.1 Å². The van der Waals surface area contributed by atoms with E-state index < -0.39 is 58.6 Å². The number of ether oxygens (including phenoxy) is 1. The van der Waals surface area contributed by atoms with E-state index in [9.17, 15) is 37.1 Å². The Bertz CT molecular complexity index is 2670. The molecular weight excluding hydrogens is 874 g/mol. The molecule has 2 aromatic heterocycles. The first-order valence-corrected chi connectivity index (χ1v) is 21.4. The summed E-state index contributed by atoms with van der Waals surface area (Å²) >= 11 is 2.07. The van der Waals surface area contributed by atoms with Gasteiger partial charge in [0, 0.05) is 39.9 Å². The number of alkyl halides is 3. The van der Waals surface area contributed by atoms with Gasteiger partial charge in [0.1, 0.15) is 22.8 Å². The number of esters is 2. The number of nitrogens with one attached hydrogen (secondary N) is 1. The van der Waals surface area contributed by atoms with E-state index in [2.05, 4.69) is 30.2 Å². The van der Waals surface area contributed by atoms with Crippen molar-refractivity contribution < 1.29 is 46.7 Å². The zero-order valence-corrected chi connectivity index (χ0v) is 35.4. The summed E-state index contributed by atoms with van der Waals surface area (Å²) in [5.41, 5.74) is 6.70. The summed E-state index contributed by atoms with van der Waals surface area (Å²) in [6, 6.07) is 26.2. The Kier molecular flexibility index (Phi) is 11.9. The Morgan fingerprint density at radius 3 is 2.08 bits per heavy atom. The number of benzene rings is 3. The number of halogens is 3. The van der Waals surface area contributed by atoms with Crippen LogP contribution in [0.3, 0.4) is 0 Å². The van der Waals surface area contributed by atoms with Gasteiger partial charge in [0.15, 0.2) is 16.7 Å². The van der Waals surface area contributed by atoms with Gasteiger partial charge in [-0.25, -0.2) is 19.6 Å². The highest BCUT2D eigenvalue weighted by molar-refractivity contribution is 8.00. The lowest BCUT2D eigenvalue weighted by molar-refractivity contribution is -0.201. The lowest BCUT2D eigenvalue weighted by Crippen LogP contribution is -2.71. The number of oxime groups is 1. The average Bonchev–Trinajstić information content (AvgIpc) is 3.88. The Balaban J connectivity index is 1.13. The quantitative estimate of drug-likeness (QED) is 0.0322. The standard InChI is InChI=1S/C44H35F3N8O7S2/c1-24-21-49-35(25(2)50-24)54-19-18-26(37(54)57)20-27-22-63-39-33(38(58)55(39)34(27)40(59)61-41(60)44(45,46)47)52-36(56)32(31-23-64-42(48)51-31)53-62-43(28-12-6-3-7-13-28,29-14-8-4-9-15-29)30-16-10-5-11-17-30/h3-17,20-21,23,33,39H,18-19,22H2,1-2H3,(H2,48,51)(H,52,56)/b26-20+,53-32-/t33-,39-/m1/s1. The molecule has 20 heteroatoms. The van der Waals surface area contributed by atoms with Crippen LogP contribution in [-0.2, 0) is 39.1 Å². The van der Waals surface area contributed by atoms with Crippen molar-refractivity contribution in [1.82, 2.24) is 25.2 Å². The number of rotatable bonds is 11. The second-order valence-electron chi connectivity index (χ2n) is 14.6. The van der Waals surface area contributed by atoms with Crippen molar-refractivity contribution in [3.8, 4) is 0 Å². The number of fused-ring (bicyclic) bond motifs is 1. The van der Waals surface area contributed by atoms with Gasteiger partial charge >= 0.3 is 18.1 Å². The van der Waals surface area contributed by atoms with Crippen LogP contribution in [0.5, 0.6) is 0 Å². The van der Waals surface area contributed by atoms with Crippen molar-refractivity contribution in [1.29, 1.82) is 0 Å². The minimum absolute atomic E-state index is 0.00818. The predicted molar refractivity (Wildman–Crippen MR) is 229 cm³/mol. The van der Waals surface area contributed by atoms with Gasteiger partial charge in [-0.05, 0) is 31.9 Å². The van der Waals surface area contributed by atoms with Crippen molar-refractivity contribution in [3.05, 3.63) is 159 Å². The summed E-state index contributed by atoms with van der Waals surface area (Å²) in [4.78, 5) is 89.2. The predicted octanol–water partition coefficient (Wildman–Crippen LogP) is 5.49. The van der Waals surface area contributed by atoms with Crippen molar-refractivity contribution in [3.63, 3.8) is 0 Å². The van der Waals surface area contributed by atoms with Crippen molar-refractivity contribution in [2.75, 3.05) is 22.9 Å². The molecule has 15 nitrogen and oxygen atoms in total. The maximum absolute atomic E-state index is 14.4. The molecule has 8 rings (SSSR count). The largest absolute Gasteiger partial charge is 0.491 e. The summed E-state index contributed by atoms with van der Waals surface area (Å²) in [5.74, 6) is -6.79. The van der Waals surface area contributed by atoms with Crippen LogP contribution in [0.4, 0.5) is 24.1 Å². The summed E-state index contributed by atoms with van der Waals surface area (Å²) in [7, 11) is 0. The highest BCUT2D eigenvalue weighted by atomic mass is 32.2. The molecular formula is C44H35F3N8O7S2. The van der Waals surface area contributed by atoms with Gasteiger partial charge in [-0.1, -0.05) is 96.2 Å². The monoisotopic (exact) mass is 908 g/mol. The summed E-state index contributed by atoms with van der Waals surface area (Å²) in [6.07, 6.45) is -2.61. The summed E-state index contributed by atoms with van der Waals surface area (Å²) in [5, 5.41) is 7.57. The van der Waals surface area contributed by atoms with Gasteiger partial charge in [0.25, 0.3) is 17.7 Å². The van der Waals surface area contributed by atoms with E-state index in [1.54, 1.807) is 13.8 Å². The number of nitrogen functional groups attached to an aromatic ring is 1. The molecule has 2 fully saturated rings. The third-order valence-electron chi connectivity index (χ3n) is 10.5. The summed E-state index contributed by atoms with van der Waals surface area (Å²) < 4.78 is 44.3. The molecule has 0 bridgehead atoms. The van der Waals surface area contributed by atoms with Crippen LogP contribution >= 0.6 is 23.1 Å². The van der Waals surface area contributed by atoms with Gasteiger partial charge in [-0.3, -0.25) is 29.2 Å². The maximum Gasteiger partial charge on any atom is 0.491 e. The van der Waals surface area contributed by atoms with E-state index in [4.69, 9.17) is 10.6 Å². The van der Waals surface area contributed by atoms with Crippen LogP contribution < -0.4 is 16.0 Å². The molecule has 3 N–H and O–H groups in total. The molecule has 3 aromatic carbocycles. The second kappa shape index (κ2) is 17.5. The lowest BCUT2D eigenvalue weighted by Gasteiger charge is -2.49. The zero-order valence-electron chi connectivity index (χ0n) is 33.7. The zero-order chi connectivity index (χ0) is 45.3. The van der Waals surface area contributed by atoms with Gasteiger partial charge in [0.05, 0.1) is 17.6 Å². The smallest absolute Gasteiger partial charge is 0.382 e. The van der Waals surface area contributed by atoms with Crippen molar-refractivity contribution in [2.45, 2.75) is 43.5 Å². The number of β-lactam (4-membered cyclic amide) rings is 1. The Labute approximate surface area is 370 Å². The fraction of sp³-hybridized carbons (Fsp3) is 0.205. The fourth-order valence-corrected chi connectivity index (χ4v) is 9.40.